The minimum atomic E-state index is -0.944. The van der Waals surface area contributed by atoms with E-state index < -0.39 is 11.6 Å². The van der Waals surface area contributed by atoms with Crippen LogP contribution < -0.4 is 10.9 Å². The summed E-state index contributed by atoms with van der Waals surface area (Å²) in [6.45, 7) is 7.47. The molecule has 1 atom stereocenters. The van der Waals surface area contributed by atoms with E-state index in [0.29, 0.717) is 16.6 Å². The van der Waals surface area contributed by atoms with E-state index in [1.54, 1.807) is 37.6 Å². The topological polar surface area (TPSA) is 80.6 Å². The van der Waals surface area contributed by atoms with E-state index in [-0.39, 0.29) is 11.6 Å². The monoisotopic (exact) mass is 484 g/mol. The summed E-state index contributed by atoms with van der Waals surface area (Å²) < 4.78 is 6.60. The highest BCUT2D eigenvalue weighted by atomic mass is 16.5. The molecule has 4 aromatic rings. The molecule has 36 heavy (non-hydrogen) atoms. The first-order valence-corrected chi connectivity index (χ1v) is 11.9. The van der Waals surface area contributed by atoms with Crippen molar-refractivity contribution in [2.45, 2.75) is 39.3 Å². The third kappa shape index (κ3) is 4.77. The van der Waals surface area contributed by atoms with Gasteiger partial charge in [0.15, 0.2) is 0 Å². The molecule has 0 aliphatic rings. The Morgan fingerprint density at radius 3 is 2.33 bits per heavy atom. The fourth-order valence-corrected chi connectivity index (χ4v) is 4.58. The maximum absolute atomic E-state index is 13.5. The zero-order valence-corrected chi connectivity index (χ0v) is 21.5. The van der Waals surface area contributed by atoms with E-state index in [1.807, 2.05) is 62.4 Å². The molecule has 2 N–H and O–H groups in total. The molecule has 186 valence electrons. The number of rotatable bonds is 6. The van der Waals surface area contributed by atoms with Gasteiger partial charge in [0.05, 0.1) is 24.0 Å². The predicted octanol–water partition coefficient (Wildman–Crippen LogP) is 5.70. The molecule has 0 fully saturated rings. The number of anilines is 1. The molecule has 1 heterocycles. The Morgan fingerprint density at radius 1 is 1.03 bits per heavy atom. The maximum Gasteiger partial charge on any atom is 0.339 e. The van der Waals surface area contributed by atoms with Gasteiger partial charge in [-0.2, -0.15) is 0 Å². The number of carbonyl (C=O) groups is 1. The summed E-state index contributed by atoms with van der Waals surface area (Å²) in [4.78, 5) is 25.7. The Hall–Kier alpha value is -3.90. The Balaban J connectivity index is 1.84. The Morgan fingerprint density at radius 2 is 1.69 bits per heavy atom. The summed E-state index contributed by atoms with van der Waals surface area (Å²) in [5.41, 5.74) is 4.49. The number of ether oxygens (including phenoxy) is 1. The van der Waals surface area contributed by atoms with E-state index in [4.69, 9.17) is 4.74 Å². The highest BCUT2D eigenvalue weighted by Gasteiger charge is 2.19. The van der Waals surface area contributed by atoms with Crippen LogP contribution in [-0.4, -0.2) is 22.8 Å². The van der Waals surface area contributed by atoms with Crippen LogP contribution in [0.25, 0.3) is 22.0 Å². The number of nitrogens with zero attached hydrogens (tertiary/aromatic N) is 1. The number of pyridine rings is 1. The lowest BCUT2D eigenvalue weighted by molar-refractivity contribution is 0.0601. The number of aryl methyl sites for hydroxylation is 1. The number of methoxy groups -OCH3 is 1. The predicted molar refractivity (Wildman–Crippen MR) is 144 cm³/mol. The normalized spacial score (nSPS) is 12.4. The van der Waals surface area contributed by atoms with Crippen LogP contribution in [0.3, 0.4) is 0 Å². The first-order valence-electron chi connectivity index (χ1n) is 11.9. The van der Waals surface area contributed by atoms with Gasteiger partial charge < -0.3 is 19.7 Å². The standard InChI is InChI=1S/C30H32N2O4/c1-18-15-23(19(2)31-26-10-8-7-9-22(26)29(34)36-6)24-17-27(32(5)28(33)25(24)16-18)20-11-13-21(14-12-20)30(3,4)35/h7-17,19,31,35H,1-6H3. The number of nitrogens with one attached hydrogen (secondary N) is 1. The number of para-hydroxylation sites is 1. The van der Waals surface area contributed by atoms with Gasteiger partial charge in [-0.05, 0) is 79.6 Å². The Bertz CT molecular complexity index is 1490. The van der Waals surface area contributed by atoms with Gasteiger partial charge in [-0.25, -0.2) is 4.79 Å². The summed E-state index contributed by atoms with van der Waals surface area (Å²) in [7, 11) is 3.14. The highest BCUT2D eigenvalue weighted by molar-refractivity contribution is 5.96. The average Bonchev–Trinajstić information content (AvgIpc) is 2.85. The lowest BCUT2D eigenvalue weighted by Gasteiger charge is -2.21. The lowest BCUT2D eigenvalue weighted by atomic mass is 9.94. The van der Waals surface area contributed by atoms with Crippen LogP contribution in [0.1, 0.15) is 53.9 Å². The lowest BCUT2D eigenvalue weighted by Crippen LogP contribution is -2.20. The third-order valence-electron chi connectivity index (χ3n) is 6.59. The van der Waals surface area contributed by atoms with Crippen molar-refractivity contribution in [3.8, 4) is 11.3 Å². The van der Waals surface area contributed by atoms with Crippen molar-refractivity contribution in [3.05, 3.63) is 99.3 Å². The van der Waals surface area contributed by atoms with Gasteiger partial charge in [0.1, 0.15) is 0 Å². The quantitative estimate of drug-likeness (QED) is 0.343. The van der Waals surface area contributed by atoms with Crippen molar-refractivity contribution in [1.82, 2.24) is 4.57 Å². The van der Waals surface area contributed by atoms with Crippen LogP contribution in [-0.2, 0) is 17.4 Å². The Kier molecular flexibility index (Phi) is 6.74. The van der Waals surface area contributed by atoms with E-state index in [1.165, 1.54) is 7.11 Å². The molecule has 0 amide bonds. The maximum atomic E-state index is 13.5. The number of hydrogen-bond acceptors (Lipinski definition) is 5. The second kappa shape index (κ2) is 9.63. The van der Waals surface area contributed by atoms with Gasteiger partial charge in [-0.15, -0.1) is 0 Å². The first-order chi connectivity index (χ1) is 17.0. The molecule has 0 aliphatic carbocycles. The molecule has 6 heteroatoms. The van der Waals surface area contributed by atoms with Crippen LogP contribution in [0.5, 0.6) is 0 Å². The number of aliphatic hydroxyl groups is 1. The van der Waals surface area contributed by atoms with Crippen LogP contribution in [0.4, 0.5) is 5.69 Å². The van der Waals surface area contributed by atoms with Gasteiger partial charge in [0.25, 0.3) is 5.56 Å². The molecule has 0 saturated heterocycles. The van der Waals surface area contributed by atoms with Crippen molar-refractivity contribution in [3.63, 3.8) is 0 Å². The van der Waals surface area contributed by atoms with E-state index in [0.717, 1.165) is 33.3 Å². The van der Waals surface area contributed by atoms with Crippen LogP contribution >= 0.6 is 0 Å². The second-order valence-corrected chi connectivity index (χ2v) is 9.75. The summed E-state index contributed by atoms with van der Waals surface area (Å²) >= 11 is 0. The van der Waals surface area contributed by atoms with Crippen molar-refractivity contribution in [2.24, 2.45) is 7.05 Å². The molecule has 1 unspecified atom stereocenters. The van der Waals surface area contributed by atoms with Crippen LogP contribution in [0.15, 0.2) is 71.5 Å². The molecule has 0 aliphatic heterocycles. The fraction of sp³-hybridized carbons (Fsp3) is 0.267. The van der Waals surface area contributed by atoms with Crippen LogP contribution in [0, 0.1) is 6.92 Å². The summed E-state index contributed by atoms with van der Waals surface area (Å²) in [5, 5.41) is 15.2. The number of fused-ring (bicyclic) bond motifs is 1. The van der Waals surface area contributed by atoms with Crippen molar-refractivity contribution in [2.75, 3.05) is 12.4 Å². The summed E-state index contributed by atoms with van der Waals surface area (Å²) in [6.07, 6.45) is 0. The van der Waals surface area contributed by atoms with E-state index >= 15 is 0 Å². The minimum absolute atomic E-state index is 0.0822. The number of hydrogen-bond donors (Lipinski definition) is 2. The highest BCUT2D eigenvalue weighted by Crippen LogP contribution is 2.32. The largest absolute Gasteiger partial charge is 0.465 e. The molecule has 4 rings (SSSR count). The SMILES string of the molecule is COC(=O)c1ccccc1NC(C)c1cc(C)cc2c(=O)n(C)c(-c3ccc(C(C)(C)O)cc3)cc12. The molecule has 1 aromatic heterocycles. The van der Waals surface area contributed by atoms with Crippen molar-refractivity contribution in [1.29, 1.82) is 0 Å². The molecule has 0 bridgehead atoms. The number of aromatic nitrogens is 1. The van der Waals surface area contributed by atoms with Gasteiger partial charge >= 0.3 is 5.97 Å². The molecule has 0 saturated carbocycles. The number of carbonyl (C=O) groups excluding carboxylic acids is 1. The van der Waals surface area contributed by atoms with Crippen molar-refractivity contribution >= 4 is 22.4 Å². The number of benzene rings is 3. The zero-order valence-electron chi connectivity index (χ0n) is 21.5. The van der Waals surface area contributed by atoms with Gasteiger partial charge in [0, 0.05) is 24.2 Å². The molecule has 3 aromatic carbocycles. The van der Waals surface area contributed by atoms with E-state index in [9.17, 15) is 14.7 Å². The smallest absolute Gasteiger partial charge is 0.339 e. The third-order valence-corrected chi connectivity index (χ3v) is 6.59. The van der Waals surface area contributed by atoms with Gasteiger partial charge in [0.2, 0.25) is 0 Å². The molecule has 0 spiro atoms. The molecular formula is C30H32N2O4. The zero-order chi connectivity index (χ0) is 26.2. The molecule has 6 nitrogen and oxygen atoms in total. The number of esters is 1. The minimum Gasteiger partial charge on any atom is -0.465 e. The summed E-state index contributed by atoms with van der Waals surface area (Å²) in [6, 6.07) is 20.7. The second-order valence-electron chi connectivity index (χ2n) is 9.75. The first kappa shape index (κ1) is 25.2. The summed E-state index contributed by atoms with van der Waals surface area (Å²) in [5.74, 6) is -0.412. The van der Waals surface area contributed by atoms with Crippen LogP contribution in [0.2, 0.25) is 0 Å². The Labute approximate surface area is 211 Å². The van der Waals surface area contributed by atoms with Gasteiger partial charge in [-0.1, -0.05) is 42.5 Å². The molecule has 0 radical (unpaired) electrons. The van der Waals surface area contributed by atoms with E-state index in [2.05, 4.69) is 11.4 Å². The van der Waals surface area contributed by atoms with Gasteiger partial charge in [-0.3, -0.25) is 4.79 Å². The fourth-order valence-electron chi connectivity index (χ4n) is 4.58. The average molecular weight is 485 g/mol. The van der Waals surface area contributed by atoms with Crippen molar-refractivity contribution < 1.29 is 14.6 Å². The molecular weight excluding hydrogens is 452 g/mol.